The zero-order chi connectivity index (χ0) is 20.9. The average Bonchev–Trinajstić information content (AvgIpc) is 2.79. The zero-order valence-electron chi connectivity index (χ0n) is 17.9. The van der Waals surface area contributed by atoms with Crippen LogP contribution < -0.4 is 19.5 Å². The van der Waals surface area contributed by atoms with Gasteiger partial charge in [-0.2, -0.15) is 0 Å². The maximum atomic E-state index is 5.52. The second-order valence-corrected chi connectivity index (χ2v) is 7.13. The minimum atomic E-state index is 0. The molecule has 2 heterocycles. The Morgan fingerprint density at radius 1 is 1.00 bits per heavy atom. The van der Waals surface area contributed by atoms with Crippen LogP contribution in [-0.2, 0) is 19.5 Å². The van der Waals surface area contributed by atoms with E-state index in [1.807, 2.05) is 48.7 Å². The fourth-order valence-corrected chi connectivity index (χ4v) is 3.68. The molecule has 0 saturated heterocycles. The molecule has 31 heavy (non-hydrogen) atoms. The molecule has 0 amide bonds. The van der Waals surface area contributed by atoms with Crippen LogP contribution in [0.4, 0.5) is 11.6 Å². The Morgan fingerprint density at radius 3 is 2.58 bits per heavy atom. The molecule has 0 atom stereocenters. The van der Waals surface area contributed by atoms with E-state index in [1.165, 1.54) is 0 Å². The van der Waals surface area contributed by atoms with Crippen LogP contribution in [0.15, 0.2) is 48.7 Å². The summed E-state index contributed by atoms with van der Waals surface area (Å²) in [4.78, 5) is 11.6. The fraction of sp³-hybridized carbons (Fsp3) is 0.304. The third-order valence-electron chi connectivity index (χ3n) is 5.25. The average molecular weight is 443 g/mol. The maximum absolute atomic E-state index is 5.52. The lowest BCUT2D eigenvalue weighted by atomic mass is 10.1. The molecule has 1 aromatic heterocycles. The van der Waals surface area contributed by atoms with E-state index in [0.29, 0.717) is 5.95 Å². The monoisotopic (exact) mass is 442 g/mol. The Labute approximate surface area is 188 Å². The van der Waals surface area contributed by atoms with Crippen molar-refractivity contribution in [2.24, 2.45) is 0 Å². The number of benzene rings is 2. The third-order valence-corrected chi connectivity index (χ3v) is 5.25. The molecule has 1 aliphatic rings. The number of hydrogen-bond donors (Lipinski definition) is 1. The number of anilines is 2. The molecule has 0 aliphatic carbocycles. The Hall–Kier alpha value is -3.03. The van der Waals surface area contributed by atoms with Crippen LogP contribution in [0.25, 0.3) is 0 Å². The minimum absolute atomic E-state index is 0. The molecule has 1 aliphatic heterocycles. The standard InChI is InChI=1S/C23H26N4O3.ClH/c1-28-18-8-9-21(29-2)16(12-18)14-27-11-10-19-17(15-27)13-24-23(25-19)26-20-6-4-5-7-22(20)30-3;/h4-9,12-13H,10-11,14-15H2,1-3H3,(H,24,25,26);1H. The van der Waals surface area contributed by atoms with Crippen LogP contribution in [0.2, 0.25) is 0 Å². The normalized spacial score (nSPS) is 13.0. The van der Waals surface area contributed by atoms with Gasteiger partial charge in [-0.1, -0.05) is 12.1 Å². The van der Waals surface area contributed by atoms with Gasteiger partial charge in [0.2, 0.25) is 5.95 Å². The number of nitrogens with one attached hydrogen (secondary N) is 1. The molecule has 1 N–H and O–H groups in total. The largest absolute Gasteiger partial charge is 0.497 e. The van der Waals surface area contributed by atoms with Gasteiger partial charge in [0, 0.05) is 43.4 Å². The summed E-state index contributed by atoms with van der Waals surface area (Å²) in [5.74, 6) is 3.05. The van der Waals surface area contributed by atoms with E-state index >= 15 is 0 Å². The molecule has 0 unspecified atom stereocenters. The van der Waals surface area contributed by atoms with Gasteiger partial charge >= 0.3 is 0 Å². The number of hydrogen-bond acceptors (Lipinski definition) is 7. The second kappa shape index (κ2) is 10.3. The number of ether oxygens (including phenoxy) is 3. The van der Waals surface area contributed by atoms with Crippen LogP contribution in [-0.4, -0.2) is 42.7 Å². The summed E-state index contributed by atoms with van der Waals surface area (Å²) < 4.78 is 16.3. The summed E-state index contributed by atoms with van der Waals surface area (Å²) in [6.07, 6.45) is 2.78. The first-order valence-electron chi connectivity index (χ1n) is 9.88. The van der Waals surface area contributed by atoms with Gasteiger partial charge in [-0.15, -0.1) is 12.4 Å². The summed E-state index contributed by atoms with van der Waals surface area (Å²) in [6, 6.07) is 13.6. The summed E-state index contributed by atoms with van der Waals surface area (Å²) in [5.41, 5.74) is 4.18. The molecule has 4 rings (SSSR count). The van der Waals surface area contributed by atoms with Gasteiger partial charge in [0.05, 0.1) is 32.7 Å². The first-order chi connectivity index (χ1) is 14.7. The third kappa shape index (κ3) is 5.18. The van der Waals surface area contributed by atoms with Crippen LogP contribution in [0.5, 0.6) is 17.2 Å². The molecule has 164 valence electrons. The summed E-state index contributed by atoms with van der Waals surface area (Å²) in [7, 11) is 5.03. The molecule has 0 saturated carbocycles. The molecule has 7 nitrogen and oxygen atoms in total. The van der Waals surface area contributed by atoms with E-state index in [-0.39, 0.29) is 12.4 Å². The lowest BCUT2D eigenvalue weighted by molar-refractivity contribution is 0.239. The summed E-state index contributed by atoms with van der Waals surface area (Å²) >= 11 is 0. The van der Waals surface area contributed by atoms with Gasteiger partial charge < -0.3 is 19.5 Å². The van der Waals surface area contributed by atoms with Gasteiger partial charge in [-0.25, -0.2) is 9.97 Å². The van der Waals surface area contributed by atoms with E-state index in [1.54, 1.807) is 21.3 Å². The first-order valence-corrected chi connectivity index (χ1v) is 9.88. The van der Waals surface area contributed by atoms with Gasteiger partial charge in [-0.3, -0.25) is 4.90 Å². The topological polar surface area (TPSA) is 68.7 Å². The molecule has 0 bridgehead atoms. The Bertz CT molecular complexity index is 1030. The highest BCUT2D eigenvalue weighted by Gasteiger charge is 2.20. The van der Waals surface area contributed by atoms with Crippen molar-refractivity contribution in [3.8, 4) is 17.2 Å². The Kier molecular flexibility index (Phi) is 7.55. The number of fused-ring (bicyclic) bond motifs is 1. The predicted octanol–water partition coefficient (Wildman–Crippen LogP) is 4.23. The van der Waals surface area contributed by atoms with Gasteiger partial charge in [-0.05, 0) is 30.3 Å². The van der Waals surface area contributed by atoms with Crippen molar-refractivity contribution < 1.29 is 14.2 Å². The lowest BCUT2D eigenvalue weighted by Gasteiger charge is -2.28. The van der Waals surface area contributed by atoms with Crippen molar-refractivity contribution in [1.29, 1.82) is 0 Å². The quantitative estimate of drug-likeness (QED) is 0.587. The molecule has 3 aromatic rings. The number of methoxy groups -OCH3 is 3. The zero-order valence-corrected chi connectivity index (χ0v) is 18.7. The van der Waals surface area contributed by atoms with Crippen molar-refractivity contribution in [3.63, 3.8) is 0 Å². The smallest absolute Gasteiger partial charge is 0.227 e. The van der Waals surface area contributed by atoms with Crippen LogP contribution in [0.3, 0.4) is 0 Å². The molecule has 0 radical (unpaired) electrons. The van der Waals surface area contributed by atoms with E-state index in [2.05, 4.69) is 15.2 Å². The van der Waals surface area contributed by atoms with Gasteiger partial charge in [0.15, 0.2) is 0 Å². The number of para-hydroxylation sites is 2. The van der Waals surface area contributed by atoms with Gasteiger partial charge in [0.25, 0.3) is 0 Å². The number of halogens is 1. The molecule has 0 fully saturated rings. The van der Waals surface area contributed by atoms with E-state index in [4.69, 9.17) is 19.2 Å². The van der Waals surface area contributed by atoms with Crippen LogP contribution in [0, 0.1) is 0 Å². The van der Waals surface area contributed by atoms with E-state index < -0.39 is 0 Å². The maximum Gasteiger partial charge on any atom is 0.227 e. The summed E-state index contributed by atoms with van der Waals surface area (Å²) in [5, 5.41) is 3.26. The highest BCUT2D eigenvalue weighted by Crippen LogP contribution is 2.29. The molecule has 8 heteroatoms. The van der Waals surface area contributed by atoms with E-state index in [9.17, 15) is 0 Å². The highest BCUT2D eigenvalue weighted by molar-refractivity contribution is 5.85. The van der Waals surface area contributed by atoms with E-state index in [0.717, 1.165) is 65.8 Å². The lowest BCUT2D eigenvalue weighted by Crippen LogP contribution is -2.31. The minimum Gasteiger partial charge on any atom is -0.497 e. The Morgan fingerprint density at radius 2 is 1.81 bits per heavy atom. The highest BCUT2D eigenvalue weighted by atomic mass is 35.5. The van der Waals surface area contributed by atoms with Crippen molar-refractivity contribution >= 4 is 24.0 Å². The van der Waals surface area contributed by atoms with Crippen molar-refractivity contribution in [1.82, 2.24) is 14.9 Å². The van der Waals surface area contributed by atoms with Crippen LogP contribution >= 0.6 is 12.4 Å². The van der Waals surface area contributed by atoms with Gasteiger partial charge in [0.1, 0.15) is 17.2 Å². The van der Waals surface area contributed by atoms with Crippen molar-refractivity contribution in [3.05, 3.63) is 65.5 Å². The molecular formula is C23H27ClN4O3. The van der Waals surface area contributed by atoms with Crippen molar-refractivity contribution in [2.75, 3.05) is 33.2 Å². The second-order valence-electron chi connectivity index (χ2n) is 7.13. The first kappa shape index (κ1) is 22.7. The number of aromatic nitrogens is 2. The molecular weight excluding hydrogens is 416 g/mol. The molecule has 2 aromatic carbocycles. The fourth-order valence-electron chi connectivity index (χ4n) is 3.68. The summed E-state index contributed by atoms with van der Waals surface area (Å²) in [6.45, 7) is 2.49. The molecule has 0 spiro atoms. The Balaban J connectivity index is 0.00000272. The van der Waals surface area contributed by atoms with Crippen LogP contribution in [0.1, 0.15) is 16.8 Å². The van der Waals surface area contributed by atoms with Crippen molar-refractivity contribution in [2.45, 2.75) is 19.5 Å². The predicted molar refractivity (Wildman–Crippen MR) is 123 cm³/mol. The number of nitrogens with zero attached hydrogens (tertiary/aromatic N) is 3. The SMILES string of the molecule is COc1ccc(OC)c(CN2CCc3nc(Nc4ccccc4OC)ncc3C2)c1.Cl. The number of rotatable bonds is 7.